The van der Waals surface area contributed by atoms with Crippen LogP contribution in [-0.4, -0.2) is 148 Å². The number of hydrogen-bond acceptors (Lipinski definition) is 16. The van der Waals surface area contributed by atoms with Crippen molar-refractivity contribution >= 4 is 72.6 Å². The molecule has 2 bridgehead atoms. The SMILES string of the molecule is Cc1ncsc1-c1ccc([C@H](CO)NC(=O)[C@@H]2C[C@@H](O)CN2C(=O)C(C(C)C)n2cc3c(n2)c(=O)[nH]c2cc(COc4c(-c5c(C)c(F)cc6[nH]ncc56)c(C5CC5)cc5c(N6C[C@@H]7C[C@H]6CN7C6CCC6)nc(OC6CCOCC6)nc45)ccc23)cc1. The Balaban J connectivity index is 0.765. The molecular formula is C66H71FN12O8S. The summed E-state index contributed by atoms with van der Waals surface area (Å²) in [4.78, 5) is 69.0. The zero-order valence-corrected chi connectivity index (χ0v) is 50.5. The van der Waals surface area contributed by atoms with E-state index in [1.165, 1.54) is 46.2 Å². The summed E-state index contributed by atoms with van der Waals surface area (Å²) in [5, 5.41) is 39.5. The third kappa shape index (κ3) is 10.0. The van der Waals surface area contributed by atoms with Gasteiger partial charge in [-0.05, 0) is 104 Å². The van der Waals surface area contributed by atoms with Gasteiger partial charge in [-0.3, -0.25) is 29.1 Å². The number of H-pyrrole nitrogens is 2. The number of thiazole rings is 1. The summed E-state index contributed by atoms with van der Waals surface area (Å²) in [5.41, 5.74) is 9.35. The summed E-state index contributed by atoms with van der Waals surface area (Å²) in [6.07, 6.45) is 10.5. The predicted octanol–water partition coefficient (Wildman–Crippen LogP) is 9.08. The number of amides is 2. The standard InChI is InChI=1S/C66H71FN12O8S/c1-33(2)59(65(84)78-28-43(81)22-54(78)63(82)71-53(30-80)38-11-13-39(14-12-38)61-35(4)68-32-88-61)79-29-49-45-15-8-36(20-51(45)70-64(83)58(49)75-79)31-86-60-56(55-34(3)50(67)24-52-48(55)25-69-74-52)46(37-9-10-37)23-47-57(60)72-66(87-44-16-18-85-19-17-44)73-62(47)77-27-41-21-42(77)26-76(41)40-6-5-7-40/h8,11-15,20,23-25,29,32-33,37,40-44,53-54,59,80-81H,5-7,9-10,16-19,21-22,26-28,30-31H2,1-4H3,(H,69,74)(H,70,83)(H,71,82)/t41-,42-,43+,53-,54-,59?/m0/s1. The van der Waals surface area contributed by atoms with Crippen molar-refractivity contribution in [2.24, 2.45) is 5.92 Å². The molecule has 0 spiro atoms. The number of hydrogen-bond donors (Lipinski definition) is 5. The molecule has 9 heterocycles. The summed E-state index contributed by atoms with van der Waals surface area (Å²) in [5.74, 6) is -0.189. The molecule has 2 aliphatic carbocycles. The van der Waals surface area contributed by atoms with Gasteiger partial charge in [0.1, 0.15) is 41.9 Å². The van der Waals surface area contributed by atoms with Gasteiger partial charge in [0.25, 0.3) is 5.56 Å². The zero-order valence-electron chi connectivity index (χ0n) is 49.7. The molecule has 6 atom stereocenters. The lowest BCUT2D eigenvalue weighted by Crippen LogP contribution is -2.52. The minimum absolute atomic E-state index is 0.00325. The average Bonchev–Trinajstić information content (AvgIpc) is 1.54. The first-order valence-corrected chi connectivity index (χ1v) is 32.0. The minimum Gasteiger partial charge on any atom is -0.486 e. The Morgan fingerprint density at radius 1 is 0.886 bits per heavy atom. The number of benzene rings is 4. The van der Waals surface area contributed by atoms with E-state index in [1.54, 1.807) is 24.8 Å². The monoisotopic (exact) mass is 1210 g/mol. The van der Waals surface area contributed by atoms with Crippen molar-refractivity contribution in [3.05, 3.63) is 117 Å². The molecule has 6 aliphatic rings. The highest BCUT2D eigenvalue weighted by atomic mass is 32.1. The van der Waals surface area contributed by atoms with Crippen LogP contribution in [0.4, 0.5) is 10.2 Å². The molecule has 20 nitrogen and oxygen atoms in total. The molecule has 5 aromatic heterocycles. The van der Waals surface area contributed by atoms with E-state index in [-0.39, 0.29) is 67.5 Å². The fourth-order valence-corrected chi connectivity index (χ4v) is 15.4. The second kappa shape index (κ2) is 22.6. The quantitative estimate of drug-likeness (QED) is 0.0571. The number of nitrogens with zero attached hydrogens (tertiary/aromatic N) is 9. The number of rotatable bonds is 17. The number of ether oxygens (including phenoxy) is 3. The average molecular weight is 1210 g/mol. The highest BCUT2D eigenvalue weighted by Crippen LogP contribution is 2.54. The number of piperazine rings is 1. The topological polar surface area (TPSA) is 242 Å². The molecule has 4 aliphatic heterocycles. The molecule has 2 amide bonds. The molecule has 2 saturated carbocycles. The first-order valence-electron chi connectivity index (χ1n) is 31.1. The van der Waals surface area contributed by atoms with Crippen LogP contribution in [0, 0.1) is 25.6 Å². The van der Waals surface area contributed by atoms with Gasteiger partial charge in [0, 0.05) is 101 Å². The normalized spacial score (nSPS) is 21.6. The lowest BCUT2D eigenvalue weighted by atomic mass is 9.88. The van der Waals surface area contributed by atoms with Crippen LogP contribution in [0.5, 0.6) is 11.8 Å². The third-order valence-electron chi connectivity index (χ3n) is 19.5. The van der Waals surface area contributed by atoms with Crippen molar-refractivity contribution in [2.45, 2.75) is 146 Å². The molecule has 88 heavy (non-hydrogen) atoms. The van der Waals surface area contributed by atoms with E-state index in [2.05, 4.69) is 41.3 Å². The van der Waals surface area contributed by atoms with Crippen molar-refractivity contribution in [1.82, 2.24) is 55.0 Å². The van der Waals surface area contributed by atoms with E-state index < -0.39 is 41.6 Å². The summed E-state index contributed by atoms with van der Waals surface area (Å²) in [6.45, 7) is 10.0. The molecule has 4 saturated heterocycles. The van der Waals surface area contributed by atoms with Gasteiger partial charge < -0.3 is 44.5 Å². The number of pyridine rings is 1. The number of aromatic amines is 2. The predicted molar refractivity (Wildman–Crippen MR) is 332 cm³/mol. The fourth-order valence-electron chi connectivity index (χ4n) is 14.5. The van der Waals surface area contributed by atoms with Crippen molar-refractivity contribution in [2.75, 3.05) is 44.4 Å². The van der Waals surface area contributed by atoms with E-state index in [1.807, 2.05) is 63.2 Å². The van der Waals surface area contributed by atoms with Gasteiger partial charge in [0.2, 0.25) is 11.8 Å². The third-order valence-corrected chi connectivity index (χ3v) is 20.5. The first kappa shape index (κ1) is 56.6. The van der Waals surface area contributed by atoms with Crippen LogP contribution in [-0.2, 0) is 20.9 Å². The number of nitrogens with one attached hydrogen (secondary N) is 3. The van der Waals surface area contributed by atoms with Gasteiger partial charge in [0.05, 0.1) is 59.8 Å². The molecule has 4 aromatic carbocycles. The summed E-state index contributed by atoms with van der Waals surface area (Å²) in [6, 6.07) is 15.9. The van der Waals surface area contributed by atoms with Crippen molar-refractivity contribution in [3.63, 3.8) is 0 Å². The maximum atomic E-state index is 16.4. The number of anilines is 1. The van der Waals surface area contributed by atoms with E-state index in [9.17, 15) is 24.6 Å². The summed E-state index contributed by atoms with van der Waals surface area (Å²) in [7, 11) is 0. The smallest absolute Gasteiger partial charge is 0.319 e. The Bertz CT molecular complexity index is 4270. The molecule has 456 valence electrons. The van der Waals surface area contributed by atoms with Gasteiger partial charge in [-0.2, -0.15) is 20.2 Å². The molecule has 6 fully saturated rings. The lowest BCUT2D eigenvalue weighted by Gasteiger charge is -2.43. The van der Waals surface area contributed by atoms with Gasteiger partial charge in [-0.25, -0.2) is 9.37 Å². The van der Waals surface area contributed by atoms with Crippen LogP contribution in [0.2, 0.25) is 0 Å². The van der Waals surface area contributed by atoms with Gasteiger partial charge >= 0.3 is 6.01 Å². The maximum absolute atomic E-state index is 16.4. The molecular weight excluding hydrogens is 1140 g/mol. The maximum Gasteiger partial charge on any atom is 0.319 e. The number of aryl methyl sites for hydroxylation is 1. The number of halogens is 1. The molecule has 0 radical (unpaired) electrons. The number of aliphatic hydroxyl groups is 2. The van der Waals surface area contributed by atoms with Crippen LogP contribution in [0.1, 0.15) is 118 Å². The Labute approximate surface area is 510 Å². The summed E-state index contributed by atoms with van der Waals surface area (Å²) < 4.78 is 37.6. The Kier molecular flexibility index (Phi) is 14.5. The van der Waals surface area contributed by atoms with Crippen LogP contribution in [0.15, 0.2) is 77.3 Å². The molecule has 15 rings (SSSR count). The van der Waals surface area contributed by atoms with E-state index >= 15 is 4.39 Å². The van der Waals surface area contributed by atoms with Crippen LogP contribution >= 0.6 is 11.3 Å². The van der Waals surface area contributed by atoms with Crippen LogP contribution in [0.3, 0.4) is 0 Å². The molecule has 9 aromatic rings. The van der Waals surface area contributed by atoms with E-state index in [4.69, 9.17) is 29.3 Å². The number of fused-ring (bicyclic) bond motifs is 7. The van der Waals surface area contributed by atoms with Crippen LogP contribution in [0.25, 0.3) is 65.2 Å². The molecule has 22 heteroatoms. The summed E-state index contributed by atoms with van der Waals surface area (Å²) >= 11 is 1.53. The Morgan fingerprint density at radius 2 is 1.70 bits per heavy atom. The van der Waals surface area contributed by atoms with Gasteiger partial charge in [0.15, 0.2) is 11.3 Å². The lowest BCUT2D eigenvalue weighted by molar-refractivity contribution is -0.142. The highest BCUT2D eigenvalue weighted by molar-refractivity contribution is 7.13. The van der Waals surface area contributed by atoms with Crippen LogP contribution < -0.4 is 25.2 Å². The molecule has 1 unspecified atom stereocenters. The number of carbonyl (C=O) groups is 2. The number of likely N-dealkylation sites (tertiary alicyclic amines) is 2. The van der Waals surface area contributed by atoms with Gasteiger partial charge in [-0.15, -0.1) is 11.3 Å². The number of aliphatic hydroxyl groups excluding tert-OH is 2. The van der Waals surface area contributed by atoms with Crippen molar-refractivity contribution in [1.29, 1.82) is 0 Å². The second-order valence-corrected chi connectivity index (χ2v) is 26.3. The minimum atomic E-state index is -1.04. The van der Waals surface area contributed by atoms with Crippen molar-refractivity contribution < 1.29 is 38.4 Å². The zero-order chi connectivity index (χ0) is 60.2. The number of aromatic nitrogens is 8. The number of carbonyl (C=O) groups excluding carboxylic acids is 2. The van der Waals surface area contributed by atoms with E-state index in [0.29, 0.717) is 87.9 Å². The van der Waals surface area contributed by atoms with Crippen molar-refractivity contribution in [3.8, 4) is 33.3 Å². The largest absolute Gasteiger partial charge is 0.486 e. The molecule has 5 N–H and O–H groups in total. The van der Waals surface area contributed by atoms with E-state index in [0.717, 1.165) is 81.8 Å². The Hall–Kier alpha value is -7.89. The fraction of sp³-hybridized carbons (Fsp3) is 0.455. The Morgan fingerprint density at radius 3 is 2.42 bits per heavy atom. The number of β-amino-alcohol motifs (C(OH)–C–C–N with tert-alkyl or cyclic N) is 1. The first-order chi connectivity index (χ1) is 42.7. The second-order valence-electron chi connectivity index (χ2n) is 25.5. The van der Waals surface area contributed by atoms with Gasteiger partial charge in [-0.1, -0.05) is 56.7 Å². The highest BCUT2D eigenvalue weighted by Gasteiger charge is 2.48.